The monoisotopic (exact) mass is 286 g/mol. The molecule has 0 aliphatic heterocycles. The molecule has 20 heavy (non-hydrogen) atoms. The van der Waals surface area contributed by atoms with Crippen molar-refractivity contribution in [3.05, 3.63) is 35.5 Å². The van der Waals surface area contributed by atoms with Gasteiger partial charge < -0.3 is 9.84 Å². The highest BCUT2D eigenvalue weighted by Crippen LogP contribution is 2.34. The van der Waals surface area contributed by atoms with E-state index in [0.717, 1.165) is 27.4 Å². The van der Waals surface area contributed by atoms with E-state index >= 15 is 0 Å². The molecule has 0 unspecified atom stereocenters. The lowest BCUT2D eigenvalue weighted by Crippen LogP contribution is -1.89. The third-order valence-electron chi connectivity index (χ3n) is 3.12. The van der Waals surface area contributed by atoms with E-state index in [1.54, 1.807) is 0 Å². The van der Waals surface area contributed by atoms with Crippen molar-refractivity contribution in [3.8, 4) is 22.8 Å². The summed E-state index contributed by atoms with van der Waals surface area (Å²) in [6.07, 6.45) is 0. The van der Waals surface area contributed by atoms with Gasteiger partial charge in [0.05, 0.1) is 11.3 Å². The predicted molar refractivity (Wildman–Crippen MR) is 79.9 cm³/mol. The summed E-state index contributed by atoms with van der Waals surface area (Å²) >= 11 is 1.39. The van der Waals surface area contributed by atoms with Crippen LogP contribution in [-0.4, -0.2) is 21.6 Å². The number of aryl methyl sites for hydroxylation is 2. The first-order valence-corrected chi connectivity index (χ1v) is 7.02. The van der Waals surface area contributed by atoms with Crippen LogP contribution in [0.25, 0.3) is 22.8 Å². The second kappa shape index (κ2) is 5.05. The molecule has 6 heteroatoms. The molecule has 0 atom stereocenters. The van der Waals surface area contributed by atoms with Gasteiger partial charge in [-0.15, -0.1) is 0 Å². The molecule has 0 aliphatic carbocycles. The van der Waals surface area contributed by atoms with Gasteiger partial charge in [0.25, 0.3) is 5.89 Å². The molecule has 0 amide bonds. The van der Waals surface area contributed by atoms with Crippen LogP contribution in [0.3, 0.4) is 0 Å². The normalized spacial score (nSPS) is 10.8. The summed E-state index contributed by atoms with van der Waals surface area (Å²) in [4.78, 5) is 4.50. The van der Waals surface area contributed by atoms with Gasteiger partial charge in [-0.05, 0) is 30.9 Å². The molecule has 0 saturated heterocycles. The van der Waals surface area contributed by atoms with Crippen LogP contribution in [0.1, 0.15) is 11.3 Å². The molecule has 102 valence electrons. The smallest absolute Gasteiger partial charge is 0.263 e. The summed E-state index contributed by atoms with van der Waals surface area (Å²) < 4.78 is 9.72. The number of nitrogens with one attached hydrogen (secondary N) is 1. The van der Waals surface area contributed by atoms with Crippen LogP contribution >= 0.6 is 11.5 Å². The Morgan fingerprint density at radius 3 is 2.75 bits per heavy atom. The Balaban J connectivity index is 2.07. The van der Waals surface area contributed by atoms with Crippen molar-refractivity contribution in [3.63, 3.8) is 0 Å². The molecule has 0 bridgehead atoms. The average molecular weight is 286 g/mol. The van der Waals surface area contributed by atoms with Gasteiger partial charge in [0.15, 0.2) is 0 Å². The number of anilines is 1. The van der Waals surface area contributed by atoms with Crippen LogP contribution in [0.5, 0.6) is 0 Å². The zero-order valence-electron chi connectivity index (χ0n) is 11.5. The van der Waals surface area contributed by atoms with Gasteiger partial charge in [-0.3, -0.25) is 0 Å². The zero-order chi connectivity index (χ0) is 14.1. The molecule has 5 nitrogen and oxygen atoms in total. The number of rotatable bonds is 3. The lowest BCUT2D eigenvalue weighted by Gasteiger charge is -1.98. The number of aromatic nitrogens is 3. The van der Waals surface area contributed by atoms with Crippen molar-refractivity contribution in [2.75, 3.05) is 12.4 Å². The standard InChI is InChI=1S/C14H14N4OS/c1-8-6-4-5-7-10(8)12-16-13(19-17-12)11-9(2)18-20-14(11)15-3/h4-7,15H,1-3H3. The second-order valence-electron chi connectivity index (χ2n) is 4.46. The molecule has 0 fully saturated rings. The quantitative estimate of drug-likeness (QED) is 0.798. The summed E-state index contributed by atoms with van der Waals surface area (Å²) in [6, 6.07) is 7.98. The van der Waals surface area contributed by atoms with Gasteiger partial charge in [0.1, 0.15) is 5.00 Å². The van der Waals surface area contributed by atoms with Crippen LogP contribution in [-0.2, 0) is 0 Å². The van der Waals surface area contributed by atoms with Crippen molar-refractivity contribution in [2.24, 2.45) is 0 Å². The minimum atomic E-state index is 0.499. The summed E-state index contributed by atoms with van der Waals surface area (Å²) in [6.45, 7) is 3.96. The van der Waals surface area contributed by atoms with Crippen LogP contribution in [0.15, 0.2) is 28.8 Å². The number of hydrogen-bond acceptors (Lipinski definition) is 6. The molecular formula is C14H14N4OS. The Bertz CT molecular complexity index is 747. The van der Waals surface area contributed by atoms with E-state index in [9.17, 15) is 0 Å². The SMILES string of the molecule is CNc1snc(C)c1-c1nc(-c2ccccc2C)no1. The van der Waals surface area contributed by atoms with Gasteiger partial charge in [-0.25, -0.2) is 0 Å². The molecule has 0 radical (unpaired) electrons. The Kier molecular flexibility index (Phi) is 3.23. The summed E-state index contributed by atoms with van der Waals surface area (Å²) in [7, 11) is 1.86. The van der Waals surface area contributed by atoms with Gasteiger partial charge in [0, 0.05) is 12.6 Å². The first-order valence-electron chi connectivity index (χ1n) is 6.25. The molecule has 2 aromatic heterocycles. The van der Waals surface area contributed by atoms with Crippen molar-refractivity contribution in [1.82, 2.24) is 14.5 Å². The maximum absolute atomic E-state index is 5.41. The fourth-order valence-electron chi connectivity index (χ4n) is 2.05. The van der Waals surface area contributed by atoms with Crippen molar-refractivity contribution in [2.45, 2.75) is 13.8 Å². The van der Waals surface area contributed by atoms with Crippen molar-refractivity contribution < 1.29 is 4.52 Å². The van der Waals surface area contributed by atoms with Crippen molar-refractivity contribution in [1.29, 1.82) is 0 Å². The maximum atomic E-state index is 5.41. The van der Waals surface area contributed by atoms with E-state index in [2.05, 4.69) is 19.8 Å². The van der Waals surface area contributed by atoms with E-state index in [1.165, 1.54) is 11.5 Å². The highest BCUT2D eigenvalue weighted by atomic mass is 32.1. The van der Waals surface area contributed by atoms with E-state index < -0.39 is 0 Å². The maximum Gasteiger partial charge on any atom is 0.263 e. The topological polar surface area (TPSA) is 63.8 Å². The van der Waals surface area contributed by atoms with Crippen LogP contribution in [0.2, 0.25) is 0 Å². The van der Waals surface area contributed by atoms with Gasteiger partial charge in [-0.2, -0.15) is 9.36 Å². The summed E-state index contributed by atoms with van der Waals surface area (Å²) in [5.41, 5.74) is 3.87. The van der Waals surface area contributed by atoms with Crippen LogP contribution < -0.4 is 5.32 Å². The average Bonchev–Trinajstić information content (AvgIpc) is 3.05. The second-order valence-corrected chi connectivity index (χ2v) is 5.23. The molecule has 3 aromatic rings. The number of nitrogens with zero attached hydrogens (tertiary/aromatic N) is 3. The molecule has 2 heterocycles. The summed E-state index contributed by atoms with van der Waals surface area (Å²) in [5.74, 6) is 1.10. The molecule has 3 rings (SSSR count). The highest BCUT2D eigenvalue weighted by Gasteiger charge is 2.19. The van der Waals surface area contributed by atoms with Crippen molar-refractivity contribution >= 4 is 16.5 Å². The molecule has 0 aliphatic rings. The Morgan fingerprint density at radius 2 is 2.00 bits per heavy atom. The van der Waals surface area contributed by atoms with Gasteiger partial charge >= 0.3 is 0 Å². The zero-order valence-corrected chi connectivity index (χ0v) is 12.3. The largest absolute Gasteiger partial charge is 0.378 e. The fourth-order valence-corrected chi connectivity index (χ4v) is 2.79. The molecule has 1 aromatic carbocycles. The first kappa shape index (κ1) is 12.8. The first-order chi connectivity index (χ1) is 9.70. The number of benzene rings is 1. The fraction of sp³-hybridized carbons (Fsp3) is 0.214. The van der Waals surface area contributed by atoms with E-state index in [0.29, 0.717) is 11.7 Å². The third kappa shape index (κ3) is 2.08. The van der Waals surface area contributed by atoms with Gasteiger partial charge in [0.2, 0.25) is 5.82 Å². The lowest BCUT2D eigenvalue weighted by molar-refractivity contribution is 0.432. The summed E-state index contributed by atoms with van der Waals surface area (Å²) in [5, 5.41) is 8.12. The Labute approximate surface area is 120 Å². The molecular weight excluding hydrogens is 272 g/mol. The number of hydrogen-bond donors (Lipinski definition) is 1. The molecule has 1 N–H and O–H groups in total. The predicted octanol–water partition coefficient (Wildman–Crippen LogP) is 3.52. The lowest BCUT2D eigenvalue weighted by atomic mass is 10.1. The van der Waals surface area contributed by atoms with E-state index in [4.69, 9.17) is 4.52 Å². The Morgan fingerprint density at radius 1 is 1.20 bits per heavy atom. The molecule has 0 saturated carbocycles. The minimum Gasteiger partial charge on any atom is -0.378 e. The highest BCUT2D eigenvalue weighted by molar-refractivity contribution is 7.10. The van der Waals surface area contributed by atoms with Gasteiger partial charge in [-0.1, -0.05) is 29.4 Å². The molecule has 0 spiro atoms. The minimum absolute atomic E-state index is 0.499. The third-order valence-corrected chi connectivity index (χ3v) is 4.07. The van der Waals surface area contributed by atoms with E-state index in [1.807, 2.05) is 45.2 Å². The Hall–Kier alpha value is -2.21. The van der Waals surface area contributed by atoms with Crippen LogP contribution in [0.4, 0.5) is 5.00 Å². The van der Waals surface area contributed by atoms with E-state index in [-0.39, 0.29) is 0 Å². The van der Waals surface area contributed by atoms with Crippen LogP contribution in [0, 0.1) is 13.8 Å².